The van der Waals surface area contributed by atoms with E-state index in [1.54, 1.807) is 68.4 Å². The molecule has 2 atom stereocenters. The summed E-state index contributed by atoms with van der Waals surface area (Å²) in [5.74, 6) is -3.04. The first-order valence-electron chi connectivity index (χ1n) is 11.8. The number of ether oxygens (including phenoxy) is 3. The number of esters is 2. The molecule has 7 heteroatoms. The summed E-state index contributed by atoms with van der Waals surface area (Å²) in [5.41, 5.74) is -2.07. The predicted octanol–water partition coefficient (Wildman–Crippen LogP) is 5.34. The molecule has 0 unspecified atom stereocenters. The van der Waals surface area contributed by atoms with Crippen molar-refractivity contribution in [3.8, 4) is 0 Å². The Morgan fingerprint density at radius 1 is 0.912 bits per heavy atom. The van der Waals surface area contributed by atoms with Gasteiger partial charge in [0.1, 0.15) is 0 Å². The Kier molecular flexibility index (Phi) is 7.10. The number of carbonyl (C=O) groups excluding carboxylic acids is 3. The predicted molar refractivity (Wildman–Crippen MR) is 126 cm³/mol. The molecule has 4 rings (SSSR count). The molecule has 0 radical (unpaired) electrons. The van der Waals surface area contributed by atoms with E-state index in [1.807, 2.05) is 0 Å². The van der Waals surface area contributed by atoms with Crippen molar-refractivity contribution < 1.29 is 28.6 Å². The minimum atomic E-state index is -1.92. The number of Topliss-reactive ketones (excluding diaryl/α,β-unsaturated/α-hetero) is 1. The fourth-order valence-electron chi connectivity index (χ4n) is 5.60. The summed E-state index contributed by atoms with van der Waals surface area (Å²) in [6, 6.07) is 15.6. The van der Waals surface area contributed by atoms with Crippen LogP contribution in [-0.4, -0.2) is 36.5 Å². The van der Waals surface area contributed by atoms with Crippen LogP contribution in [0.4, 0.5) is 0 Å². The minimum Gasteiger partial charge on any atom is -0.465 e. The van der Waals surface area contributed by atoms with E-state index in [0.717, 1.165) is 12.8 Å². The molecule has 0 amide bonds. The molecule has 0 bridgehead atoms. The normalized spacial score (nSPS) is 22.4. The zero-order valence-corrected chi connectivity index (χ0v) is 20.2. The second kappa shape index (κ2) is 9.88. The summed E-state index contributed by atoms with van der Waals surface area (Å²) >= 11 is 6.12. The summed E-state index contributed by atoms with van der Waals surface area (Å²) < 4.78 is 17.7. The molecule has 2 aromatic carbocycles. The molecule has 2 fully saturated rings. The highest BCUT2D eigenvalue weighted by atomic mass is 35.5. The maximum atomic E-state index is 14.1. The van der Waals surface area contributed by atoms with Crippen molar-refractivity contribution in [3.63, 3.8) is 0 Å². The molecule has 1 saturated heterocycles. The van der Waals surface area contributed by atoms with Gasteiger partial charge in [-0.2, -0.15) is 0 Å². The third kappa shape index (κ3) is 3.83. The summed E-state index contributed by atoms with van der Waals surface area (Å²) in [7, 11) is 0. The lowest BCUT2D eigenvalue weighted by molar-refractivity contribution is -0.188. The van der Waals surface area contributed by atoms with Crippen LogP contribution in [0.5, 0.6) is 0 Å². The van der Waals surface area contributed by atoms with Crippen molar-refractivity contribution in [3.05, 3.63) is 70.7 Å². The fourth-order valence-corrected chi connectivity index (χ4v) is 5.73. The Balaban J connectivity index is 1.99. The van der Waals surface area contributed by atoms with Gasteiger partial charge in [-0.1, -0.05) is 66.9 Å². The van der Waals surface area contributed by atoms with Crippen molar-refractivity contribution in [2.75, 3.05) is 13.2 Å². The molecule has 0 N–H and O–H groups in total. The molecule has 1 aliphatic heterocycles. The van der Waals surface area contributed by atoms with Crippen molar-refractivity contribution in [2.45, 2.75) is 51.2 Å². The van der Waals surface area contributed by atoms with Gasteiger partial charge in [-0.25, -0.2) is 0 Å². The molecule has 180 valence electrons. The Hall–Kier alpha value is -2.70. The van der Waals surface area contributed by atoms with Crippen LogP contribution in [0.15, 0.2) is 54.6 Å². The van der Waals surface area contributed by atoms with Gasteiger partial charge in [0.2, 0.25) is 5.41 Å². The first kappa shape index (κ1) is 24.4. The quantitative estimate of drug-likeness (QED) is 0.300. The fraction of sp³-hybridized carbons (Fsp3) is 0.444. The number of halogens is 1. The second-order valence-corrected chi connectivity index (χ2v) is 9.18. The monoisotopic (exact) mass is 484 g/mol. The topological polar surface area (TPSA) is 78.9 Å². The third-order valence-corrected chi connectivity index (χ3v) is 7.24. The van der Waals surface area contributed by atoms with Crippen molar-refractivity contribution in [1.29, 1.82) is 0 Å². The zero-order chi connectivity index (χ0) is 24.3. The Morgan fingerprint density at radius 2 is 1.47 bits per heavy atom. The standard InChI is InChI=1S/C27H29ClO6/c1-3-32-24(30)27(25(31)33-4-2)21(22(29)18-10-6-5-7-11-18)23(19-12-14-20(28)15-13-19)34-26(27)16-8-9-17-26/h5-7,10-15,21,23H,3-4,8-9,16-17H2,1-2H3/t21-,23-/m1/s1. The first-order chi connectivity index (χ1) is 16.4. The van der Waals surface area contributed by atoms with E-state index >= 15 is 0 Å². The van der Waals surface area contributed by atoms with Crippen LogP contribution in [0.3, 0.4) is 0 Å². The number of rotatable bonds is 7. The molecule has 1 heterocycles. The summed E-state index contributed by atoms with van der Waals surface area (Å²) in [6.07, 6.45) is 1.58. The van der Waals surface area contributed by atoms with Crippen LogP contribution in [0.1, 0.15) is 61.6 Å². The van der Waals surface area contributed by atoms with Crippen molar-refractivity contribution in [2.24, 2.45) is 11.3 Å². The van der Waals surface area contributed by atoms with E-state index in [0.29, 0.717) is 29.0 Å². The highest BCUT2D eigenvalue weighted by molar-refractivity contribution is 6.30. The number of hydrogen-bond acceptors (Lipinski definition) is 6. The van der Waals surface area contributed by atoms with E-state index in [1.165, 1.54) is 0 Å². The van der Waals surface area contributed by atoms with E-state index in [2.05, 4.69) is 0 Å². The summed E-state index contributed by atoms with van der Waals surface area (Å²) in [4.78, 5) is 41.8. The number of hydrogen-bond donors (Lipinski definition) is 0. The van der Waals surface area contributed by atoms with Gasteiger partial charge in [0.05, 0.1) is 30.8 Å². The van der Waals surface area contributed by atoms with Gasteiger partial charge < -0.3 is 14.2 Å². The number of benzene rings is 2. The molecular weight excluding hydrogens is 456 g/mol. The van der Waals surface area contributed by atoms with E-state index < -0.39 is 35.0 Å². The van der Waals surface area contributed by atoms with Gasteiger partial charge >= 0.3 is 11.9 Å². The summed E-state index contributed by atoms with van der Waals surface area (Å²) in [5, 5.41) is 0.533. The number of ketones is 1. The van der Waals surface area contributed by atoms with Crippen LogP contribution in [0, 0.1) is 11.3 Å². The lowest BCUT2D eigenvalue weighted by Crippen LogP contribution is -2.60. The van der Waals surface area contributed by atoms with Gasteiger partial charge in [0, 0.05) is 10.6 Å². The summed E-state index contributed by atoms with van der Waals surface area (Å²) in [6.45, 7) is 3.49. The minimum absolute atomic E-state index is 0.0634. The SMILES string of the molecule is CCOC(=O)C1(C(=O)OCC)[C@H](C(=O)c2ccccc2)[C@@H](c2ccc(Cl)cc2)OC12CCCC2. The molecule has 2 aromatic rings. The van der Waals surface area contributed by atoms with Crippen molar-refractivity contribution >= 4 is 29.3 Å². The molecular formula is C27H29ClO6. The van der Waals surface area contributed by atoms with Crippen LogP contribution < -0.4 is 0 Å². The molecule has 34 heavy (non-hydrogen) atoms. The van der Waals surface area contributed by atoms with Gasteiger partial charge in [-0.15, -0.1) is 0 Å². The molecule has 1 saturated carbocycles. The maximum absolute atomic E-state index is 14.1. The highest BCUT2D eigenvalue weighted by Gasteiger charge is 2.77. The Labute approximate surface area is 204 Å². The highest BCUT2D eigenvalue weighted by Crippen LogP contribution is 2.63. The van der Waals surface area contributed by atoms with E-state index in [4.69, 9.17) is 25.8 Å². The van der Waals surface area contributed by atoms with E-state index in [-0.39, 0.29) is 19.0 Å². The Morgan fingerprint density at radius 3 is 2.00 bits per heavy atom. The largest absolute Gasteiger partial charge is 0.465 e. The van der Waals surface area contributed by atoms with Gasteiger partial charge in [0.25, 0.3) is 0 Å². The zero-order valence-electron chi connectivity index (χ0n) is 19.4. The molecule has 1 spiro atoms. The van der Waals surface area contributed by atoms with E-state index in [9.17, 15) is 14.4 Å². The number of carbonyl (C=O) groups is 3. The van der Waals surface area contributed by atoms with Crippen LogP contribution >= 0.6 is 11.6 Å². The van der Waals surface area contributed by atoms with Crippen molar-refractivity contribution in [1.82, 2.24) is 0 Å². The maximum Gasteiger partial charge on any atom is 0.327 e. The lowest BCUT2D eigenvalue weighted by atomic mass is 9.61. The third-order valence-electron chi connectivity index (χ3n) is 6.99. The smallest absolute Gasteiger partial charge is 0.327 e. The van der Waals surface area contributed by atoms with Gasteiger partial charge in [-0.3, -0.25) is 14.4 Å². The van der Waals surface area contributed by atoms with Crippen LogP contribution in [0.2, 0.25) is 5.02 Å². The van der Waals surface area contributed by atoms with Crippen LogP contribution in [0.25, 0.3) is 0 Å². The average molecular weight is 485 g/mol. The van der Waals surface area contributed by atoms with Gasteiger partial charge in [0.15, 0.2) is 5.78 Å². The molecule has 2 aliphatic rings. The van der Waals surface area contributed by atoms with Crippen LogP contribution in [-0.2, 0) is 23.8 Å². The Bertz CT molecular complexity index is 1020. The molecule has 1 aliphatic carbocycles. The lowest BCUT2D eigenvalue weighted by Gasteiger charge is -2.40. The second-order valence-electron chi connectivity index (χ2n) is 8.75. The average Bonchev–Trinajstić information content (AvgIpc) is 3.43. The molecule has 0 aromatic heterocycles. The molecule has 6 nitrogen and oxygen atoms in total. The first-order valence-corrected chi connectivity index (χ1v) is 12.2. The van der Waals surface area contributed by atoms with Gasteiger partial charge in [-0.05, 0) is 44.4 Å².